The van der Waals surface area contributed by atoms with Gasteiger partial charge in [0.25, 0.3) is 0 Å². The van der Waals surface area contributed by atoms with Crippen molar-refractivity contribution in [3.63, 3.8) is 0 Å². The minimum atomic E-state index is -0.171. The van der Waals surface area contributed by atoms with Crippen LogP contribution in [0.1, 0.15) is 11.4 Å². The molecule has 28 heavy (non-hydrogen) atoms. The number of hydrogen-bond donors (Lipinski definition) is 1. The Bertz CT molecular complexity index is 996. The van der Waals surface area contributed by atoms with Crippen LogP contribution in [0.15, 0.2) is 52.1 Å². The lowest BCUT2D eigenvalue weighted by atomic mass is 10.2. The van der Waals surface area contributed by atoms with Gasteiger partial charge in [-0.05, 0) is 36.8 Å². The fraction of sp³-hybridized carbons (Fsp3) is 0.211. The van der Waals surface area contributed by atoms with Crippen LogP contribution in [0.5, 0.6) is 5.75 Å². The molecular formula is C19H18BrClN4O2S. The van der Waals surface area contributed by atoms with Gasteiger partial charge in [0.15, 0.2) is 11.0 Å². The Kier molecular flexibility index (Phi) is 6.98. The number of nitrogens with zero attached hydrogens (tertiary/aromatic N) is 3. The summed E-state index contributed by atoms with van der Waals surface area (Å²) >= 11 is 10.8. The summed E-state index contributed by atoms with van der Waals surface area (Å²) in [6, 6.07) is 13.1. The zero-order valence-corrected chi connectivity index (χ0v) is 18.4. The van der Waals surface area contributed by atoms with Crippen LogP contribution in [0.2, 0.25) is 5.02 Å². The molecule has 3 rings (SSSR count). The number of halogens is 2. The van der Waals surface area contributed by atoms with Gasteiger partial charge in [-0.3, -0.25) is 4.79 Å². The molecule has 6 nitrogen and oxygen atoms in total. The van der Waals surface area contributed by atoms with Crippen LogP contribution >= 0.6 is 39.3 Å². The van der Waals surface area contributed by atoms with Crippen molar-refractivity contribution in [2.45, 2.75) is 18.7 Å². The van der Waals surface area contributed by atoms with Gasteiger partial charge in [0.05, 0.1) is 16.5 Å². The molecule has 0 spiro atoms. The molecule has 1 amide bonds. The number of aromatic nitrogens is 3. The molecule has 0 fully saturated rings. The Balaban J connectivity index is 1.55. The molecule has 0 saturated heterocycles. The molecule has 0 unspecified atom stereocenters. The third-order valence-electron chi connectivity index (χ3n) is 3.91. The molecule has 0 saturated carbocycles. The lowest BCUT2D eigenvalue weighted by Gasteiger charge is -2.09. The van der Waals surface area contributed by atoms with Gasteiger partial charge in [-0.15, -0.1) is 10.2 Å². The quantitative estimate of drug-likeness (QED) is 0.489. The average Bonchev–Trinajstić information content (AvgIpc) is 3.01. The Labute approximate surface area is 180 Å². The molecule has 0 aliphatic heterocycles. The van der Waals surface area contributed by atoms with Gasteiger partial charge in [-0.25, -0.2) is 0 Å². The first-order valence-corrected chi connectivity index (χ1v) is 10.5. The standard InChI is InChI=1S/C19H18BrClN4O2S/c1-12-5-3-4-6-16(12)27-10-17-23-24-19(25(17)2)28-11-18(26)22-15-8-7-13(20)9-14(15)21/h3-9H,10-11H2,1-2H3,(H,22,26). The highest BCUT2D eigenvalue weighted by Crippen LogP contribution is 2.26. The maximum Gasteiger partial charge on any atom is 0.234 e. The van der Waals surface area contributed by atoms with E-state index in [1.165, 1.54) is 11.8 Å². The summed E-state index contributed by atoms with van der Waals surface area (Å²) in [5.41, 5.74) is 1.63. The van der Waals surface area contributed by atoms with Crippen LogP contribution in [0.25, 0.3) is 0 Å². The number of carbonyl (C=O) groups is 1. The molecule has 2 aromatic carbocycles. The predicted octanol–water partition coefficient (Wildman–Crippen LogP) is 4.85. The number of ether oxygens (including phenoxy) is 1. The second-order valence-corrected chi connectivity index (χ2v) is 8.24. The van der Waals surface area contributed by atoms with Crippen LogP contribution in [0.4, 0.5) is 5.69 Å². The second-order valence-electron chi connectivity index (χ2n) is 5.97. The van der Waals surface area contributed by atoms with Crippen molar-refractivity contribution < 1.29 is 9.53 Å². The number of aryl methyl sites for hydroxylation is 1. The number of anilines is 1. The fourth-order valence-electron chi connectivity index (χ4n) is 2.36. The van der Waals surface area contributed by atoms with Crippen LogP contribution in [0, 0.1) is 6.92 Å². The number of para-hydroxylation sites is 1. The summed E-state index contributed by atoms with van der Waals surface area (Å²) in [5.74, 6) is 1.51. The largest absolute Gasteiger partial charge is 0.485 e. The van der Waals surface area contributed by atoms with Gasteiger partial charge < -0.3 is 14.6 Å². The summed E-state index contributed by atoms with van der Waals surface area (Å²) in [5, 5.41) is 12.2. The van der Waals surface area contributed by atoms with Crippen molar-refractivity contribution in [3.05, 3.63) is 63.3 Å². The number of thioether (sulfide) groups is 1. The topological polar surface area (TPSA) is 69.0 Å². The van der Waals surface area contributed by atoms with E-state index in [0.717, 1.165) is 15.8 Å². The molecule has 1 heterocycles. The van der Waals surface area contributed by atoms with E-state index in [4.69, 9.17) is 16.3 Å². The molecule has 1 aromatic heterocycles. The van der Waals surface area contributed by atoms with E-state index in [9.17, 15) is 4.79 Å². The van der Waals surface area contributed by atoms with Crippen molar-refractivity contribution >= 4 is 50.9 Å². The molecule has 0 aliphatic carbocycles. The van der Waals surface area contributed by atoms with Crippen LogP contribution < -0.4 is 10.1 Å². The van der Waals surface area contributed by atoms with Crippen LogP contribution in [-0.2, 0) is 18.4 Å². The van der Waals surface area contributed by atoms with E-state index >= 15 is 0 Å². The van der Waals surface area contributed by atoms with E-state index in [0.29, 0.717) is 28.3 Å². The number of rotatable bonds is 7. The summed E-state index contributed by atoms with van der Waals surface area (Å²) in [6.45, 7) is 2.29. The Hall–Kier alpha value is -2.03. The maximum atomic E-state index is 12.2. The van der Waals surface area contributed by atoms with Gasteiger partial charge in [-0.1, -0.05) is 57.5 Å². The Morgan fingerprint density at radius 1 is 1.29 bits per heavy atom. The third kappa shape index (κ3) is 5.27. The van der Waals surface area contributed by atoms with Crippen molar-refractivity contribution in [3.8, 4) is 5.75 Å². The molecule has 1 N–H and O–H groups in total. The lowest BCUT2D eigenvalue weighted by Crippen LogP contribution is -2.15. The molecule has 0 radical (unpaired) electrons. The normalized spacial score (nSPS) is 10.7. The lowest BCUT2D eigenvalue weighted by molar-refractivity contribution is -0.113. The highest BCUT2D eigenvalue weighted by molar-refractivity contribution is 9.10. The average molecular weight is 482 g/mol. The van der Waals surface area contributed by atoms with E-state index in [1.54, 1.807) is 12.1 Å². The van der Waals surface area contributed by atoms with Crippen LogP contribution in [0.3, 0.4) is 0 Å². The van der Waals surface area contributed by atoms with Crippen molar-refractivity contribution in [2.75, 3.05) is 11.1 Å². The number of carbonyl (C=O) groups excluding carboxylic acids is 1. The van der Waals surface area contributed by atoms with Crippen molar-refractivity contribution in [1.29, 1.82) is 0 Å². The van der Waals surface area contributed by atoms with E-state index in [2.05, 4.69) is 31.4 Å². The summed E-state index contributed by atoms with van der Waals surface area (Å²) in [4.78, 5) is 12.2. The Morgan fingerprint density at radius 3 is 2.82 bits per heavy atom. The van der Waals surface area contributed by atoms with Crippen LogP contribution in [-0.4, -0.2) is 26.4 Å². The summed E-state index contributed by atoms with van der Waals surface area (Å²) in [6.07, 6.45) is 0. The summed E-state index contributed by atoms with van der Waals surface area (Å²) in [7, 11) is 1.85. The molecule has 0 aliphatic rings. The van der Waals surface area contributed by atoms with Crippen molar-refractivity contribution in [1.82, 2.24) is 14.8 Å². The number of amides is 1. The monoisotopic (exact) mass is 480 g/mol. The smallest absolute Gasteiger partial charge is 0.234 e. The van der Waals surface area contributed by atoms with Gasteiger partial charge in [0.2, 0.25) is 5.91 Å². The van der Waals surface area contributed by atoms with E-state index < -0.39 is 0 Å². The maximum absolute atomic E-state index is 12.2. The molecular weight excluding hydrogens is 464 g/mol. The first-order valence-electron chi connectivity index (χ1n) is 8.38. The Morgan fingerprint density at radius 2 is 2.07 bits per heavy atom. The summed E-state index contributed by atoms with van der Waals surface area (Å²) < 4.78 is 8.49. The highest BCUT2D eigenvalue weighted by atomic mass is 79.9. The van der Waals surface area contributed by atoms with Crippen molar-refractivity contribution in [2.24, 2.45) is 7.05 Å². The number of nitrogens with one attached hydrogen (secondary N) is 1. The minimum Gasteiger partial charge on any atom is -0.485 e. The number of benzene rings is 2. The predicted molar refractivity (Wildman–Crippen MR) is 115 cm³/mol. The third-order valence-corrected chi connectivity index (χ3v) is 5.74. The molecule has 0 atom stereocenters. The molecule has 3 aromatic rings. The molecule has 146 valence electrons. The SMILES string of the molecule is Cc1ccccc1OCc1nnc(SCC(=O)Nc2ccc(Br)cc2Cl)n1C. The minimum absolute atomic E-state index is 0.171. The number of hydrogen-bond acceptors (Lipinski definition) is 5. The second kappa shape index (κ2) is 9.45. The molecule has 0 bridgehead atoms. The van der Waals surface area contributed by atoms with E-state index in [1.807, 2.05) is 48.9 Å². The van der Waals surface area contributed by atoms with Gasteiger partial charge in [-0.2, -0.15) is 0 Å². The first-order chi connectivity index (χ1) is 13.4. The van der Waals surface area contributed by atoms with E-state index in [-0.39, 0.29) is 11.7 Å². The highest BCUT2D eigenvalue weighted by Gasteiger charge is 2.13. The fourth-order valence-corrected chi connectivity index (χ4v) is 3.81. The zero-order valence-electron chi connectivity index (χ0n) is 15.3. The van der Waals surface area contributed by atoms with Gasteiger partial charge >= 0.3 is 0 Å². The first kappa shape index (κ1) is 20.7. The van der Waals surface area contributed by atoms with Gasteiger partial charge in [0.1, 0.15) is 12.4 Å². The molecule has 9 heteroatoms. The zero-order chi connectivity index (χ0) is 20.1. The van der Waals surface area contributed by atoms with Gasteiger partial charge in [0, 0.05) is 11.5 Å².